The second-order valence-corrected chi connectivity index (χ2v) is 8.59. The third-order valence-electron chi connectivity index (χ3n) is 4.79. The van der Waals surface area contributed by atoms with Gasteiger partial charge in [0.2, 0.25) is 0 Å². The van der Waals surface area contributed by atoms with E-state index in [-0.39, 0.29) is 6.61 Å². The zero-order valence-electron chi connectivity index (χ0n) is 16.3. The molecule has 3 rings (SSSR count). The van der Waals surface area contributed by atoms with E-state index in [1.807, 2.05) is 30.3 Å². The third kappa shape index (κ3) is 14.9. The minimum absolute atomic E-state index is 0.0360. The molecule has 1 aromatic rings. The highest BCUT2D eigenvalue weighted by molar-refractivity contribution is 7.46. The molecule has 0 aromatic heterocycles. The standard InChI is InChI=1S/C8H11O4P.2C6H13N/c9-13(10,11)12-7-6-8-4-2-1-3-5-8;2*7-6-4-2-1-3-5-6/h1-5H,6-7H2,(H2,9,10,11);2*6H,1-5,7H2/i12+2;;. The lowest BCUT2D eigenvalue weighted by atomic mass is 9.97. The predicted molar refractivity (Wildman–Crippen MR) is 110 cm³/mol. The molecule has 0 atom stereocenters. The summed E-state index contributed by atoms with van der Waals surface area (Å²) >= 11 is 0. The van der Waals surface area contributed by atoms with Gasteiger partial charge in [-0.05, 0) is 37.7 Å². The summed E-state index contributed by atoms with van der Waals surface area (Å²) < 4.78 is 14.6. The monoisotopic (exact) mass is 402 g/mol. The Hall–Kier alpha value is -0.750. The van der Waals surface area contributed by atoms with E-state index in [9.17, 15) is 4.57 Å². The molecule has 7 heteroatoms. The van der Waals surface area contributed by atoms with Crippen LogP contribution in [0.5, 0.6) is 0 Å². The van der Waals surface area contributed by atoms with E-state index in [0.29, 0.717) is 18.5 Å². The molecule has 0 amide bonds. The van der Waals surface area contributed by atoms with E-state index in [1.165, 1.54) is 64.2 Å². The average molecular weight is 403 g/mol. The van der Waals surface area contributed by atoms with Crippen molar-refractivity contribution in [2.24, 2.45) is 11.5 Å². The van der Waals surface area contributed by atoms with Gasteiger partial charge in [-0.1, -0.05) is 68.9 Å². The van der Waals surface area contributed by atoms with Crippen molar-refractivity contribution in [1.82, 2.24) is 0 Å². The van der Waals surface area contributed by atoms with Gasteiger partial charge in [0.15, 0.2) is 0 Å². The largest absolute Gasteiger partial charge is 0.469 e. The summed E-state index contributed by atoms with van der Waals surface area (Å²) in [6.07, 6.45) is 13.8. The molecule has 0 unspecified atom stereocenters. The molecule has 6 nitrogen and oxygen atoms in total. The van der Waals surface area contributed by atoms with Crippen LogP contribution in [0, 0.1) is 0 Å². The van der Waals surface area contributed by atoms with Gasteiger partial charge in [0, 0.05) is 12.1 Å². The fraction of sp³-hybridized carbons (Fsp3) is 0.700. The molecule has 0 bridgehead atoms. The molecule has 0 radical (unpaired) electrons. The fourth-order valence-corrected chi connectivity index (χ4v) is 3.52. The average Bonchev–Trinajstić information content (AvgIpc) is 2.64. The lowest BCUT2D eigenvalue weighted by molar-refractivity contribution is 0.199. The van der Waals surface area contributed by atoms with Crippen LogP contribution in [0.1, 0.15) is 69.8 Å². The summed E-state index contributed by atoms with van der Waals surface area (Å²) in [4.78, 5) is 16.8. The summed E-state index contributed by atoms with van der Waals surface area (Å²) in [5, 5.41) is 0. The number of hydrogen-bond acceptors (Lipinski definition) is 4. The fourth-order valence-electron chi connectivity index (χ4n) is 3.20. The molecule has 0 spiro atoms. The lowest BCUT2D eigenvalue weighted by Crippen LogP contribution is -2.22. The third-order valence-corrected chi connectivity index (χ3v) is 5.31. The SMILES string of the molecule is NC1CCCCC1.NC1CCCCC1.O=P(O)(O)[18O]CCc1ccccc1. The highest BCUT2D eigenvalue weighted by Gasteiger charge is 2.12. The second-order valence-electron chi connectivity index (χ2n) is 7.36. The Morgan fingerprint density at radius 3 is 1.63 bits per heavy atom. The van der Waals surface area contributed by atoms with Crippen LogP contribution in [-0.4, -0.2) is 28.5 Å². The van der Waals surface area contributed by atoms with E-state index in [0.717, 1.165) is 5.56 Å². The Balaban J connectivity index is 0.000000220. The molecule has 1 aromatic carbocycles. The first-order chi connectivity index (χ1) is 12.9. The molecule has 0 heterocycles. The maximum Gasteiger partial charge on any atom is 0.469 e. The Morgan fingerprint density at radius 1 is 0.852 bits per heavy atom. The van der Waals surface area contributed by atoms with Gasteiger partial charge >= 0.3 is 7.82 Å². The number of rotatable bonds is 4. The first kappa shape index (κ1) is 24.3. The van der Waals surface area contributed by atoms with Crippen molar-refractivity contribution < 1.29 is 18.9 Å². The van der Waals surface area contributed by atoms with Gasteiger partial charge in [0.25, 0.3) is 0 Å². The maximum atomic E-state index is 10.3. The minimum Gasteiger partial charge on any atom is -0.328 e. The molecular formula is C20H37N2O4P. The van der Waals surface area contributed by atoms with Crippen molar-refractivity contribution in [1.29, 1.82) is 0 Å². The van der Waals surface area contributed by atoms with E-state index < -0.39 is 7.82 Å². The summed E-state index contributed by atoms with van der Waals surface area (Å²) in [5.74, 6) is 0. The van der Waals surface area contributed by atoms with Crippen LogP contribution in [0.25, 0.3) is 0 Å². The maximum absolute atomic E-state index is 10.3. The molecule has 156 valence electrons. The predicted octanol–water partition coefficient (Wildman–Crippen LogP) is 3.89. The first-order valence-electron chi connectivity index (χ1n) is 10.1. The molecule has 0 saturated heterocycles. The minimum atomic E-state index is -4.30. The summed E-state index contributed by atoms with van der Waals surface area (Å²) in [6.45, 7) is 0.0360. The van der Waals surface area contributed by atoms with Gasteiger partial charge in [0.1, 0.15) is 0 Å². The van der Waals surface area contributed by atoms with Crippen molar-refractivity contribution in [2.75, 3.05) is 6.61 Å². The van der Waals surface area contributed by atoms with Crippen molar-refractivity contribution in [3.05, 3.63) is 35.9 Å². The summed E-state index contributed by atoms with van der Waals surface area (Å²) in [6, 6.07) is 10.4. The van der Waals surface area contributed by atoms with Crippen LogP contribution < -0.4 is 11.5 Å². The van der Waals surface area contributed by atoms with Crippen LogP contribution in [0.15, 0.2) is 30.3 Å². The van der Waals surface area contributed by atoms with Crippen molar-refractivity contribution in [2.45, 2.75) is 82.7 Å². The normalized spacial score (nSPS) is 18.7. The van der Waals surface area contributed by atoms with Gasteiger partial charge in [-0.15, -0.1) is 0 Å². The number of phosphoric ester groups is 1. The summed E-state index contributed by atoms with van der Waals surface area (Å²) in [7, 11) is -4.30. The molecule has 0 aliphatic heterocycles. The highest BCUT2D eigenvalue weighted by atomic mass is 31.2. The number of hydrogen-bond donors (Lipinski definition) is 4. The van der Waals surface area contributed by atoms with Crippen molar-refractivity contribution in [3.63, 3.8) is 0 Å². The second kappa shape index (κ2) is 14.3. The number of nitrogens with two attached hydrogens (primary N) is 2. The quantitative estimate of drug-likeness (QED) is 0.448. The Morgan fingerprint density at radius 2 is 1.30 bits per heavy atom. The molecular weight excluding hydrogens is 365 g/mol. The van der Waals surface area contributed by atoms with Crippen LogP contribution in [0.2, 0.25) is 0 Å². The lowest BCUT2D eigenvalue weighted by Gasteiger charge is -2.15. The van der Waals surface area contributed by atoms with Crippen LogP contribution in [0.3, 0.4) is 0 Å². The van der Waals surface area contributed by atoms with E-state index in [1.54, 1.807) is 0 Å². The van der Waals surface area contributed by atoms with Crippen LogP contribution in [-0.2, 0) is 15.5 Å². The molecule has 6 N–H and O–H groups in total. The van der Waals surface area contributed by atoms with E-state index in [4.69, 9.17) is 21.3 Å². The molecule has 2 aliphatic rings. The number of phosphoric acid groups is 1. The van der Waals surface area contributed by atoms with E-state index in [2.05, 4.69) is 4.52 Å². The Labute approximate surface area is 163 Å². The van der Waals surface area contributed by atoms with Crippen molar-refractivity contribution in [3.8, 4) is 0 Å². The molecule has 2 saturated carbocycles. The van der Waals surface area contributed by atoms with Crippen molar-refractivity contribution >= 4 is 7.82 Å². The van der Waals surface area contributed by atoms with Gasteiger partial charge < -0.3 is 21.3 Å². The molecule has 27 heavy (non-hydrogen) atoms. The molecule has 2 aliphatic carbocycles. The van der Waals surface area contributed by atoms with Gasteiger partial charge in [-0.25, -0.2) is 4.57 Å². The first-order valence-corrected chi connectivity index (χ1v) is 11.6. The van der Waals surface area contributed by atoms with Crippen LogP contribution >= 0.6 is 7.82 Å². The topological polar surface area (TPSA) is 119 Å². The zero-order valence-corrected chi connectivity index (χ0v) is 17.2. The van der Waals surface area contributed by atoms with Gasteiger partial charge in [0.05, 0.1) is 6.61 Å². The van der Waals surface area contributed by atoms with E-state index >= 15 is 0 Å². The zero-order chi connectivity index (χ0) is 20.0. The van der Waals surface area contributed by atoms with Gasteiger partial charge in [-0.3, -0.25) is 4.52 Å². The van der Waals surface area contributed by atoms with Crippen LogP contribution in [0.4, 0.5) is 0 Å². The van der Waals surface area contributed by atoms with Gasteiger partial charge in [-0.2, -0.15) is 0 Å². The summed E-state index contributed by atoms with van der Waals surface area (Å²) in [5.41, 5.74) is 12.3. The Bertz CT molecular complexity index is 496. The highest BCUT2D eigenvalue weighted by Crippen LogP contribution is 2.35. The number of benzene rings is 1. The molecule has 2 fully saturated rings. The Kier molecular flexibility index (Phi) is 12.8. The smallest absolute Gasteiger partial charge is 0.328 e.